The number of amides is 1. The third-order valence-electron chi connectivity index (χ3n) is 4.14. The third kappa shape index (κ3) is 1.91. The van der Waals surface area contributed by atoms with Crippen LogP contribution in [-0.2, 0) is 6.42 Å². The van der Waals surface area contributed by atoms with Gasteiger partial charge in [0, 0.05) is 6.54 Å². The number of aliphatic imine (C=N–C) groups is 1. The number of benzene rings is 1. The van der Waals surface area contributed by atoms with E-state index in [2.05, 4.69) is 22.1 Å². The van der Waals surface area contributed by atoms with E-state index in [0.29, 0.717) is 18.1 Å². The van der Waals surface area contributed by atoms with Gasteiger partial charge in [0.1, 0.15) is 5.69 Å². The van der Waals surface area contributed by atoms with Crippen molar-refractivity contribution in [3.63, 3.8) is 0 Å². The average molecular weight is 295 g/mol. The van der Waals surface area contributed by atoms with Crippen LogP contribution in [0.5, 0.6) is 0 Å². The Morgan fingerprint density at radius 3 is 2.91 bits per heavy atom. The first-order valence-electron chi connectivity index (χ1n) is 7.52. The minimum Gasteiger partial charge on any atom is -0.339 e. The normalized spacial score (nSPS) is 20.0. The maximum atomic E-state index is 12.5. The molecule has 0 saturated carbocycles. The van der Waals surface area contributed by atoms with Gasteiger partial charge >= 0.3 is 0 Å². The summed E-state index contributed by atoms with van der Waals surface area (Å²) in [4.78, 5) is 28.3. The van der Waals surface area contributed by atoms with Crippen molar-refractivity contribution in [1.82, 2.24) is 14.9 Å². The van der Waals surface area contributed by atoms with E-state index in [4.69, 9.17) is 4.99 Å². The maximum absolute atomic E-state index is 12.5. The highest BCUT2D eigenvalue weighted by atomic mass is 16.2. The van der Waals surface area contributed by atoms with Gasteiger partial charge in [-0.05, 0) is 18.9 Å². The van der Waals surface area contributed by atoms with E-state index in [1.807, 2.05) is 30.0 Å². The highest BCUT2D eigenvalue weighted by molar-refractivity contribution is 6.17. The fourth-order valence-corrected chi connectivity index (χ4v) is 3.12. The molecule has 0 unspecified atom stereocenters. The van der Waals surface area contributed by atoms with Gasteiger partial charge in [-0.25, -0.2) is 9.98 Å². The number of nitrogens with one attached hydrogen (secondary N) is 1. The van der Waals surface area contributed by atoms with Gasteiger partial charge < -0.3 is 4.98 Å². The molecule has 1 aromatic carbocycles. The predicted molar refractivity (Wildman–Crippen MR) is 84.0 cm³/mol. The van der Waals surface area contributed by atoms with Gasteiger partial charge in [0.05, 0.1) is 18.9 Å². The highest BCUT2D eigenvalue weighted by Crippen LogP contribution is 2.29. The quantitative estimate of drug-likeness (QED) is 0.937. The van der Waals surface area contributed by atoms with Crippen molar-refractivity contribution >= 4 is 17.7 Å². The number of aromatic nitrogens is 2. The first kappa shape index (κ1) is 13.1. The lowest BCUT2D eigenvalue weighted by Crippen LogP contribution is -2.50. The summed E-state index contributed by atoms with van der Waals surface area (Å²) in [5.74, 6) is 1.38. The summed E-state index contributed by atoms with van der Waals surface area (Å²) < 4.78 is 0. The molecule has 0 saturated heterocycles. The molecule has 0 fully saturated rings. The van der Waals surface area contributed by atoms with E-state index in [1.165, 1.54) is 5.56 Å². The van der Waals surface area contributed by atoms with Crippen LogP contribution in [0.15, 0.2) is 41.7 Å². The molecule has 4 rings (SSSR count). The molecule has 2 aliphatic heterocycles. The van der Waals surface area contributed by atoms with Gasteiger partial charge in [-0.1, -0.05) is 30.3 Å². The van der Waals surface area contributed by atoms with E-state index >= 15 is 0 Å². The summed E-state index contributed by atoms with van der Waals surface area (Å²) in [6, 6.07) is 10.5. The minimum atomic E-state index is -0.0506. The Bertz CT molecular complexity index is 736. The van der Waals surface area contributed by atoms with Crippen LogP contribution < -0.4 is 4.90 Å². The first-order chi connectivity index (χ1) is 10.8. The van der Waals surface area contributed by atoms with Crippen LogP contribution >= 0.6 is 0 Å². The molecule has 0 radical (unpaired) electrons. The van der Waals surface area contributed by atoms with Crippen molar-refractivity contribution in [2.24, 2.45) is 4.99 Å². The van der Waals surface area contributed by atoms with Crippen molar-refractivity contribution in [2.45, 2.75) is 19.4 Å². The fraction of sp³-hybridized carbons (Fsp3) is 0.312. The molecule has 1 amide bonds. The minimum absolute atomic E-state index is 0.0506. The van der Waals surface area contributed by atoms with Gasteiger partial charge in [0.25, 0.3) is 5.91 Å². The lowest BCUT2D eigenvalue weighted by Gasteiger charge is -2.32. The molecular formula is C16H17N5O. The molecule has 22 heavy (non-hydrogen) atoms. The van der Waals surface area contributed by atoms with E-state index in [-0.39, 0.29) is 11.9 Å². The van der Waals surface area contributed by atoms with Crippen molar-refractivity contribution in [3.05, 3.63) is 47.9 Å². The number of anilines is 1. The molecule has 1 N–H and O–H groups in total. The molecule has 0 bridgehead atoms. The van der Waals surface area contributed by atoms with Crippen LogP contribution in [0, 0.1) is 0 Å². The summed E-state index contributed by atoms with van der Waals surface area (Å²) >= 11 is 0. The molecule has 1 aromatic heterocycles. The van der Waals surface area contributed by atoms with Crippen molar-refractivity contribution in [3.8, 4) is 0 Å². The molecule has 6 nitrogen and oxygen atoms in total. The fourth-order valence-electron chi connectivity index (χ4n) is 3.12. The predicted octanol–water partition coefficient (Wildman–Crippen LogP) is 1.67. The highest BCUT2D eigenvalue weighted by Gasteiger charge is 2.40. The van der Waals surface area contributed by atoms with Gasteiger partial charge in [0.15, 0.2) is 5.82 Å². The van der Waals surface area contributed by atoms with Gasteiger partial charge in [-0.3, -0.25) is 14.6 Å². The monoisotopic (exact) mass is 295 g/mol. The number of aromatic amines is 1. The number of hydrogen-bond donors (Lipinski definition) is 1. The molecule has 112 valence electrons. The van der Waals surface area contributed by atoms with Crippen LogP contribution in [0.2, 0.25) is 0 Å². The molecule has 2 aromatic rings. The van der Waals surface area contributed by atoms with E-state index in [9.17, 15) is 4.79 Å². The Morgan fingerprint density at radius 2 is 2.14 bits per heavy atom. The standard InChI is InChI=1S/C16H17N5O/c1-2-20-15(22)13-14(18-10-17-13)21-9-12(19-16(20)21)8-11-6-4-3-5-7-11/h3-7,10,12H,2,8-9H2,1H3,(H,17,18)/t12-/m1/s1. The van der Waals surface area contributed by atoms with E-state index < -0.39 is 0 Å². The summed E-state index contributed by atoms with van der Waals surface area (Å²) in [5.41, 5.74) is 1.81. The van der Waals surface area contributed by atoms with Crippen LogP contribution in [0.25, 0.3) is 0 Å². The Hall–Kier alpha value is -2.63. The summed E-state index contributed by atoms with van der Waals surface area (Å²) in [6.07, 6.45) is 2.44. The second kappa shape index (κ2) is 4.98. The number of H-pyrrole nitrogens is 1. The van der Waals surface area contributed by atoms with E-state index in [1.54, 1.807) is 11.2 Å². The average Bonchev–Trinajstić information content (AvgIpc) is 3.15. The van der Waals surface area contributed by atoms with Gasteiger partial charge in [0.2, 0.25) is 5.96 Å². The summed E-state index contributed by atoms with van der Waals surface area (Å²) in [6.45, 7) is 3.32. The zero-order chi connectivity index (χ0) is 15.1. The molecule has 1 atom stereocenters. The smallest absolute Gasteiger partial charge is 0.280 e. The third-order valence-corrected chi connectivity index (χ3v) is 4.14. The number of guanidine groups is 1. The second-order valence-corrected chi connectivity index (χ2v) is 5.53. The zero-order valence-corrected chi connectivity index (χ0v) is 12.4. The lowest BCUT2D eigenvalue weighted by atomic mass is 10.1. The van der Waals surface area contributed by atoms with Crippen LogP contribution in [0.3, 0.4) is 0 Å². The van der Waals surface area contributed by atoms with Gasteiger partial charge in [-0.15, -0.1) is 0 Å². The molecule has 0 spiro atoms. The van der Waals surface area contributed by atoms with Gasteiger partial charge in [-0.2, -0.15) is 0 Å². The summed E-state index contributed by atoms with van der Waals surface area (Å²) in [5, 5.41) is 0. The maximum Gasteiger partial charge on any atom is 0.280 e. The number of hydrogen-bond acceptors (Lipinski definition) is 4. The topological polar surface area (TPSA) is 64.6 Å². The second-order valence-electron chi connectivity index (χ2n) is 5.53. The van der Waals surface area contributed by atoms with Crippen LogP contribution in [0.1, 0.15) is 23.0 Å². The molecule has 0 aliphatic carbocycles. The largest absolute Gasteiger partial charge is 0.339 e. The molecule has 2 aliphatic rings. The Labute approximate surface area is 128 Å². The van der Waals surface area contributed by atoms with Crippen LogP contribution in [-0.4, -0.2) is 45.9 Å². The zero-order valence-electron chi connectivity index (χ0n) is 12.4. The lowest BCUT2D eigenvalue weighted by molar-refractivity contribution is 0.0841. The van der Waals surface area contributed by atoms with Crippen molar-refractivity contribution in [2.75, 3.05) is 18.0 Å². The first-order valence-corrected chi connectivity index (χ1v) is 7.52. The number of nitrogens with zero attached hydrogens (tertiary/aromatic N) is 4. The Kier molecular flexibility index (Phi) is 2.96. The SMILES string of the molecule is CCN1C(=O)c2[nH]cnc2N2C[C@@H](Cc3ccccc3)N=C12. The van der Waals surface area contributed by atoms with Crippen molar-refractivity contribution in [1.29, 1.82) is 0 Å². The summed E-state index contributed by atoms with van der Waals surface area (Å²) in [7, 11) is 0. The Balaban J connectivity index is 1.66. The molecule has 6 heteroatoms. The Morgan fingerprint density at radius 1 is 1.32 bits per heavy atom. The van der Waals surface area contributed by atoms with E-state index in [0.717, 1.165) is 18.9 Å². The molecule has 3 heterocycles. The molecular weight excluding hydrogens is 278 g/mol. The number of carbonyl (C=O) groups excluding carboxylic acids is 1. The number of fused-ring (bicyclic) bond motifs is 3. The number of imidazole rings is 1. The number of carbonyl (C=O) groups is 1. The number of rotatable bonds is 3. The van der Waals surface area contributed by atoms with Crippen LogP contribution in [0.4, 0.5) is 5.82 Å². The van der Waals surface area contributed by atoms with Crippen molar-refractivity contribution < 1.29 is 4.79 Å².